The minimum absolute atomic E-state index is 0.0138. The third kappa shape index (κ3) is 2.64. The first-order valence-electron chi connectivity index (χ1n) is 5.27. The van der Waals surface area contributed by atoms with Gasteiger partial charge in [0.05, 0.1) is 12.1 Å². The second kappa shape index (κ2) is 4.55. The van der Waals surface area contributed by atoms with E-state index in [4.69, 9.17) is 5.73 Å². The summed E-state index contributed by atoms with van der Waals surface area (Å²) in [5, 5.41) is 9.48. The molecule has 2 aliphatic carbocycles. The zero-order valence-corrected chi connectivity index (χ0v) is 8.58. The predicted octanol–water partition coefficient (Wildman–Crippen LogP) is 0.960. The van der Waals surface area contributed by atoms with Crippen molar-refractivity contribution >= 4 is 5.71 Å². The Labute approximate surface area is 89.7 Å². The molecule has 2 rings (SSSR count). The van der Waals surface area contributed by atoms with Crippen LogP contribution >= 0.6 is 0 Å². The molecule has 0 saturated heterocycles. The summed E-state index contributed by atoms with van der Waals surface area (Å²) in [4.78, 5) is 4.53. The fraction of sp³-hybridized carbons (Fsp3) is 0.417. The summed E-state index contributed by atoms with van der Waals surface area (Å²) in [6.07, 6.45) is 12.8. The minimum atomic E-state index is -0.284. The normalized spacial score (nSPS) is 37.5. The molecule has 3 atom stereocenters. The molecule has 0 aromatic carbocycles. The summed E-state index contributed by atoms with van der Waals surface area (Å²) in [5.41, 5.74) is 6.84. The number of aliphatic hydroxyl groups is 1. The van der Waals surface area contributed by atoms with E-state index in [1.54, 1.807) is 0 Å². The fourth-order valence-corrected chi connectivity index (χ4v) is 1.78. The molecule has 0 heterocycles. The first-order chi connectivity index (χ1) is 7.25. The fourth-order valence-electron chi connectivity index (χ4n) is 1.78. The SMILES string of the molecule is NC1C=CC=CC1N=C1C=CCC(O)C1. The van der Waals surface area contributed by atoms with E-state index < -0.39 is 0 Å². The average Bonchev–Trinajstić information content (AvgIpc) is 2.22. The van der Waals surface area contributed by atoms with Crippen LogP contribution in [0.25, 0.3) is 0 Å². The highest BCUT2D eigenvalue weighted by Crippen LogP contribution is 2.13. The van der Waals surface area contributed by atoms with E-state index >= 15 is 0 Å². The molecule has 0 aliphatic heterocycles. The summed E-state index contributed by atoms with van der Waals surface area (Å²) in [6.45, 7) is 0. The van der Waals surface area contributed by atoms with Gasteiger partial charge in [0.25, 0.3) is 0 Å². The molecule has 0 amide bonds. The maximum Gasteiger partial charge on any atom is 0.0872 e. The lowest BCUT2D eigenvalue weighted by atomic mass is 10.0. The van der Waals surface area contributed by atoms with Gasteiger partial charge in [0, 0.05) is 18.2 Å². The molecule has 0 saturated carbocycles. The van der Waals surface area contributed by atoms with E-state index in [0.717, 1.165) is 12.1 Å². The largest absolute Gasteiger partial charge is 0.392 e. The van der Waals surface area contributed by atoms with E-state index in [1.165, 1.54) is 0 Å². The number of allylic oxidation sites excluding steroid dienone is 3. The number of aliphatic hydroxyl groups excluding tert-OH is 1. The summed E-state index contributed by atoms with van der Waals surface area (Å²) < 4.78 is 0. The molecule has 0 aromatic heterocycles. The van der Waals surface area contributed by atoms with Gasteiger partial charge in [0.1, 0.15) is 0 Å². The lowest BCUT2D eigenvalue weighted by Gasteiger charge is -2.19. The second-order valence-electron chi connectivity index (χ2n) is 3.95. The molecule has 3 N–H and O–H groups in total. The molecule has 2 aliphatic rings. The van der Waals surface area contributed by atoms with Gasteiger partial charge in [-0.3, -0.25) is 4.99 Å². The van der Waals surface area contributed by atoms with Crippen LogP contribution in [0.3, 0.4) is 0 Å². The maximum absolute atomic E-state index is 9.48. The van der Waals surface area contributed by atoms with Crippen LogP contribution in [-0.2, 0) is 0 Å². The van der Waals surface area contributed by atoms with Gasteiger partial charge in [-0.1, -0.05) is 30.4 Å². The molecule has 3 unspecified atom stereocenters. The second-order valence-corrected chi connectivity index (χ2v) is 3.95. The Morgan fingerprint density at radius 1 is 1.33 bits per heavy atom. The van der Waals surface area contributed by atoms with E-state index in [1.807, 2.05) is 36.5 Å². The molecule has 3 nitrogen and oxygen atoms in total. The first kappa shape index (κ1) is 10.3. The van der Waals surface area contributed by atoms with Gasteiger partial charge in [-0.15, -0.1) is 0 Å². The zero-order valence-electron chi connectivity index (χ0n) is 8.58. The molecule has 0 spiro atoms. The monoisotopic (exact) mass is 204 g/mol. The van der Waals surface area contributed by atoms with Crippen molar-refractivity contribution < 1.29 is 5.11 Å². The van der Waals surface area contributed by atoms with Crippen molar-refractivity contribution in [1.29, 1.82) is 0 Å². The van der Waals surface area contributed by atoms with Gasteiger partial charge in [-0.25, -0.2) is 0 Å². The van der Waals surface area contributed by atoms with Crippen molar-refractivity contribution in [2.45, 2.75) is 31.0 Å². The quantitative estimate of drug-likeness (QED) is 0.668. The summed E-state index contributed by atoms with van der Waals surface area (Å²) >= 11 is 0. The summed E-state index contributed by atoms with van der Waals surface area (Å²) in [7, 11) is 0. The van der Waals surface area contributed by atoms with E-state index in [-0.39, 0.29) is 18.2 Å². The Morgan fingerprint density at radius 2 is 2.13 bits per heavy atom. The lowest BCUT2D eigenvalue weighted by molar-refractivity contribution is 0.184. The Balaban J connectivity index is 2.09. The number of aliphatic imine (C=N–C) groups is 1. The van der Waals surface area contributed by atoms with Crippen LogP contribution in [-0.4, -0.2) is 29.0 Å². The highest BCUT2D eigenvalue weighted by molar-refractivity contribution is 5.96. The average molecular weight is 204 g/mol. The van der Waals surface area contributed by atoms with E-state index in [0.29, 0.717) is 6.42 Å². The molecule has 0 aromatic rings. The van der Waals surface area contributed by atoms with Crippen LogP contribution in [0.1, 0.15) is 12.8 Å². The Morgan fingerprint density at radius 3 is 2.87 bits per heavy atom. The van der Waals surface area contributed by atoms with Crippen molar-refractivity contribution in [1.82, 2.24) is 0 Å². The maximum atomic E-state index is 9.48. The molecule has 0 fully saturated rings. The first-order valence-corrected chi connectivity index (χ1v) is 5.27. The minimum Gasteiger partial charge on any atom is -0.392 e. The smallest absolute Gasteiger partial charge is 0.0872 e. The molecule has 0 bridgehead atoms. The standard InChI is InChI=1S/C12H16N2O/c13-11-6-1-2-7-12(11)14-9-4-3-5-10(15)8-9/h1-4,6-7,10-12,15H,5,8,13H2. The van der Waals surface area contributed by atoms with E-state index in [9.17, 15) is 5.11 Å². The molecule has 80 valence electrons. The molecule has 3 heteroatoms. The summed E-state index contributed by atoms with van der Waals surface area (Å²) in [6, 6.07) is -0.0325. The number of nitrogens with zero attached hydrogens (tertiary/aromatic N) is 1. The van der Waals surface area contributed by atoms with Gasteiger partial charge in [-0.05, 0) is 12.5 Å². The van der Waals surface area contributed by atoms with Crippen LogP contribution in [0.15, 0.2) is 41.4 Å². The third-order valence-corrected chi connectivity index (χ3v) is 2.63. The van der Waals surface area contributed by atoms with Crippen LogP contribution in [0.4, 0.5) is 0 Å². The molecular weight excluding hydrogens is 188 g/mol. The highest BCUT2D eigenvalue weighted by Gasteiger charge is 2.16. The van der Waals surface area contributed by atoms with Crippen LogP contribution in [0, 0.1) is 0 Å². The Bertz CT molecular complexity index is 342. The number of rotatable bonds is 1. The molecule has 0 radical (unpaired) electrons. The van der Waals surface area contributed by atoms with Crippen LogP contribution in [0.2, 0.25) is 0 Å². The van der Waals surface area contributed by atoms with E-state index in [2.05, 4.69) is 4.99 Å². The van der Waals surface area contributed by atoms with Crippen molar-refractivity contribution in [2.75, 3.05) is 0 Å². The lowest BCUT2D eigenvalue weighted by Crippen LogP contribution is -2.32. The summed E-state index contributed by atoms with van der Waals surface area (Å²) in [5.74, 6) is 0. The zero-order chi connectivity index (χ0) is 10.7. The molecule has 15 heavy (non-hydrogen) atoms. The van der Waals surface area contributed by atoms with Gasteiger partial charge >= 0.3 is 0 Å². The van der Waals surface area contributed by atoms with Crippen molar-refractivity contribution in [3.8, 4) is 0 Å². The van der Waals surface area contributed by atoms with Crippen molar-refractivity contribution in [3.05, 3.63) is 36.5 Å². The number of hydrogen-bond donors (Lipinski definition) is 2. The van der Waals surface area contributed by atoms with Gasteiger partial charge in [0.2, 0.25) is 0 Å². The highest BCUT2D eigenvalue weighted by atomic mass is 16.3. The van der Waals surface area contributed by atoms with Crippen molar-refractivity contribution in [3.63, 3.8) is 0 Å². The predicted molar refractivity (Wildman–Crippen MR) is 61.9 cm³/mol. The topological polar surface area (TPSA) is 58.6 Å². The van der Waals surface area contributed by atoms with Gasteiger partial charge in [0.15, 0.2) is 0 Å². The number of nitrogens with two attached hydrogens (primary N) is 1. The molecular formula is C12H16N2O. The van der Waals surface area contributed by atoms with Gasteiger partial charge < -0.3 is 10.8 Å². The van der Waals surface area contributed by atoms with Gasteiger partial charge in [-0.2, -0.15) is 0 Å². The van der Waals surface area contributed by atoms with Crippen LogP contribution in [0.5, 0.6) is 0 Å². The van der Waals surface area contributed by atoms with Crippen molar-refractivity contribution in [2.24, 2.45) is 10.7 Å². The Kier molecular flexibility index (Phi) is 3.14. The number of hydrogen-bond acceptors (Lipinski definition) is 3. The van der Waals surface area contributed by atoms with Crippen LogP contribution < -0.4 is 5.73 Å². The Hall–Kier alpha value is -1.19. The third-order valence-electron chi connectivity index (χ3n) is 2.63.